The van der Waals surface area contributed by atoms with Crippen LogP contribution in [0, 0.1) is 5.82 Å². The van der Waals surface area contributed by atoms with Crippen LogP contribution >= 0.6 is 11.3 Å². The van der Waals surface area contributed by atoms with Gasteiger partial charge in [0.05, 0.1) is 7.11 Å². The van der Waals surface area contributed by atoms with Crippen LogP contribution in [0.1, 0.15) is 11.0 Å². The summed E-state index contributed by atoms with van der Waals surface area (Å²) in [5, 5.41) is 11.7. The fourth-order valence-corrected chi connectivity index (χ4v) is 3.64. The number of nitrogens with one attached hydrogen (secondary N) is 1. The van der Waals surface area contributed by atoms with E-state index in [1.807, 2.05) is 0 Å². The van der Waals surface area contributed by atoms with Crippen molar-refractivity contribution in [2.75, 3.05) is 13.7 Å². The van der Waals surface area contributed by atoms with Gasteiger partial charge in [-0.1, -0.05) is 6.07 Å². The average Bonchev–Trinajstić information content (AvgIpc) is 2.99. The minimum Gasteiger partial charge on any atom is -0.495 e. The first-order chi connectivity index (χ1) is 9.94. The zero-order valence-corrected chi connectivity index (χ0v) is 12.7. The standard InChI is InChI=1S/C13H14FNO4S2/c1-19-11-5-4-9(14)7-13(11)21(17,18)15-8-10(16)12-3-2-6-20-12/h2-7,10,15-16H,8H2,1H3. The first-order valence-corrected chi connectivity index (χ1v) is 8.35. The molecule has 21 heavy (non-hydrogen) atoms. The molecule has 0 fully saturated rings. The average molecular weight is 331 g/mol. The SMILES string of the molecule is COc1ccc(F)cc1S(=O)(=O)NCC(O)c1cccs1. The van der Waals surface area contributed by atoms with Crippen molar-refractivity contribution in [1.29, 1.82) is 0 Å². The number of thiophene rings is 1. The molecule has 1 aromatic carbocycles. The second-order valence-electron chi connectivity index (χ2n) is 4.18. The van der Waals surface area contributed by atoms with Crippen LogP contribution in [0.25, 0.3) is 0 Å². The van der Waals surface area contributed by atoms with Gasteiger partial charge in [0.25, 0.3) is 0 Å². The summed E-state index contributed by atoms with van der Waals surface area (Å²) < 4.78 is 44.8. The lowest BCUT2D eigenvalue weighted by atomic mass is 10.3. The van der Waals surface area contributed by atoms with Gasteiger partial charge in [-0.2, -0.15) is 0 Å². The quantitative estimate of drug-likeness (QED) is 0.848. The Morgan fingerprint density at radius 3 is 2.81 bits per heavy atom. The maximum absolute atomic E-state index is 13.2. The Morgan fingerprint density at radius 2 is 2.19 bits per heavy atom. The van der Waals surface area contributed by atoms with E-state index in [0.29, 0.717) is 4.88 Å². The summed E-state index contributed by atoms with van der Waals surface area (Å²) in [6.07, 6.45) is -0.959. The van der Waals surface area contributed by atoms with Gasteiger partial charge in [-0.05, 0) is 29.6 Å². The molecule has 0 spiro atoms. The highest BCUT2D eigenvalue weighted by Crippen LogP contribution is 2.25. The molecule has 0 radical (unpaired) electrons. The first kappa shape index (κ1) is 15.9. The number of benzene rings is 1. The van der Waals surface area contributed by atoms with Crippen molar-refractivity contribution in [3.8, 4) is 5.75 Å². The van der Waals surface area contributed by atoms with Crippen LogP contribution in [-0.2, 0) is 10.0 Å². The largest absolute Gasteiger partial charge is 0.495 e. The molecule has 1 unspecified atom stereocenters. The highest BCUT2D eigenvalue weighted by atomic mass is 32.2. The Bertz CT molecular complexity index is 701. The summed E-state index contributed by atoms with van der Waals surface area (Å²) >= 11 is 1.32. The van der Waals surface area contributed by atoms with E-state index in [1.54, 1.807) is 17.5 Å². The zero-order valence-electron chi connectivity index (χ0n) is 11.1. The van der Waals surface area contributed by atoms with Gasteiger partial charge >= 0.3 is 0 Å². The van der Waals surface area contributed by atoms with Gasteiger partial charge in [-0.25, -0.2) is 17.5 Å². The minimum absolute atomic E-state index is 0.0366. The molecular formula is C13H14FNO4S2. The Balaban J connectivity index is 2.17. The van der Waals surface area contributed by atoms with Gasteiger partial charge in [0.1, 0.15) is 22.6 Å². The monoisotopic (exact) mass is 331 g/mol. The number of aliphatic hydroxyl groups is 1. The molecule has 2 N–H and O–H groups in total. The van der Waals surface area contributed by atoms with Gasteiger partial charge in [0.2, 0.25) is 10.0 Å². The molecule has 0 saturated heterocycles. The van der Waals surface area contributed by atoms with Crippen LogP contribution in [0.4, 0.5) is 4.39 Å². The van der Waals surface area contributed by atoms with E-state index in [9.17, 15) is 17.9 Å². The van der Waals surface area contributed by atoms with E-state index in [1.165, 1.54) is 24.5 Å². The van der Waals surface area contributed by atoms with E-state index < -0.39 is 21.9 Å². The van der Waals surface area contributed by atoms with Crippen LogP contribution < -0.4 is 9.46 Å². The topological polar surface area (TPSA) is 75.6 Å². The van der Waals surface area contributed by atoms with Crippen molar-refractivity contribution < 1.29 is 22.7 Å². The smallest absolute Gasteiger partial charge is 0.244 e. The Morgan fingerprint density at radius 1 is 1.43 bits per heavy atom. The fourth-order valence-electron chi connectivity index (χ4n) is 1.71. The van der Waals surface area contributed by atoms with Crippen LogP contribution in [0.3, 0.4) is 0 Å². The fraction of sp³-hybridized carbons (Fsp3) is 0.231. The second kappa shape index (κ2) is 6.52. The van der Waals surface area contributed by atoms with Crippen molar-refractivity contribution in [3.63, 3.8) is 0 Å². The van der Waals surface area contributed by atoms with E-state index in [-0.39, 0.29) is 17.2 Å². The van der Waals surface area contributed by atoms with E-state index in [2.05, 4.69) is 4.72 Å². The number of sulfonamides is 1. The van der Waals surface area contributed by atoms with Crippen molar-refractivity contribution in [2.24, 2.45) is 0 Å². The molecule has 2 rings (SSSR count). The molecule has 5 nitrogen and oxygen atoms in total. The van der Waals surface area contributed by atoms with Gasteiger partial charge in [0, 0.05) is 11.4 Å². The highest BCUT2D eigenvalue weighted by Gasteiger charge is 2.22. The summed E-state index contributed by atoms with van der Waals surface area (Å²) in [5.74, 6) is -0.649. The van der Waals surface area contributed by atoms with Crippen LogP contribution in [0.2, 0.25) is 0 Å². The summed E-state index contributed by atoms with van der Waals surface area (Å²) in [4.78, 5) is 0.340. The van der Waals surface area contributed by atoms with Crippen LogP contribution in [-0.4, -0.2) is 27.2 Å². The zero-order chi connectivity index (χ0) is 15.5. The van der Waals surface area contributed by atoms with E-state index in [0.717, 1.165) is 12.1 Å². The van der Waals surface area contributed by atoms with E-state index >= 15 is 0 Å². The molecular weight excluding hydrogens is 317 g/mol. The molecule has 8 heteroatoms. The number of methoxy groups -OCH3 is 1. The Hall–Kier alpha value is -1.48. The molecule has 0 aliphatic rings. The molecule has 0 saturated carbocycles. The number of hydrogen-bond acceptors (Lipinski definition) is 5. The van der Waals surface area contributed by atoms with Crippen molar-refractivity contribution in [2.45, 2.75) is 11.0 Å². The predicted octanol–water partition coefficient (Wildman–Crippen LogP) is 1.91. The minimum atomic E-state index is -3.98. The number of aliphatic hydroxyl groups excluding tert-OH is 1. The van der Waals surface area contributed by atoms with Crippen molar-refractivity contribution in [1.82, 2.24) is 4.72 Å². The van der Waals surface area contributed by atoms with E-state index in [4.69, 9.17) is 4.74 Å². The predicted molar refractivity (Wildman–Crippen MR) is 77.4 cm³/mol. The normalized spacial score (nSPS) is 13.1. The third kappa shape index (κ3) is 3.79. The summed E-state index contributed by atoms with van der Waals surface area (Å²) in [6, 6.07) is 6.68. The Kier molecular flexibility index (Phi) is 4.94. The molecule has 2 aromatic rings. The summed E-state index contributed by atoms with van der Waals surface area (Å²) in [6.45, 7) is -0.206. The van der Waals surface area contributed by atoms with Crippen molar-refractivity contribution in [3.05, 3.63) is 46.4 Å². The lowest BCUT2D eigenvalue weighted by Gasteiger charge is -2.13. The molecule has 1 aromatic heterocycles. The third-order valence-corrected chi connectivity index (χ3v) is 5.17. The highest BCUT2D eigenvalue weighted by molar-refractivity contribution is 7.89. The van der Waals surface area contributed by atoms with Crippen LogP contribution in [0.5, 0.6) is 5.75 Å². The summed E-state index contributed by atoms with van der Waals surface area (Å²) in [7, 11) is -2.68. The van der Waals surface area contributed by atoms with Gasteiger partial charge in [-0.3, -0.25) is 0 Å². The molecule has 0 bridgehead atoms. The number of rotatable bonds is 6. The third-order valence-electron chi connectivity index (χ3n) is 2.75. The molecule has 114 valence electrons. The second-order valence-corrected chi connectivity index (χ2v) is 6.89. The maximum atomic E-state index is 13.2. The lowest BCUT2D eigenvalue weighted by Crippen LogP contribution is -2.28. The summed E-state index contributed by atoms with van der Waals surface area (Å²) in [5.41, 5.74) is 0. The molecule has 0 amide bonds. The van der Waals surface area contributed by atoms with Crippen LogP contribution in [0.15, 0.2) is 40.6 Å². The molecule has 0 aliphatic carbocycles. The lowest BCUT2D eigenvalue weighted by molar-refractivity contribution is 0.185. The first-order valence-electron chi connectivity index (χ1n) is 5.98. The molecule has 1 heterocycles. The van der Waals surface area contributed by atoms with Gasteiger partial charge in [0.15, 0.2) is 0 Å². The number of ether oxygens (including phenoxy) is 1. The van der Waals surface area contributed by atoms with Gasteiger partial charge in [-0.15, -0.1) is 11.3 Å². The van der Waals surface area contributed by atoms with Crippen molar-refractivity contribution >= 4 is 21.4 Å². The molecule has 1 atom stereocenters. The Labute approximate surface area is 126 Å². The number of halogens is 1. The number of hydrogen-bond donors (Lipinski definition) is 2. The van der Waals surface area contributed by atoms with Gasteiger partial charge < -0.3 is 9.84 Å². The maximum Gasteiger partial charge on any atom is 0.244 e. The molecule has 0 aliphatic heterocycles.